The number of nitrogens with one attached hydrogen (secondary N) is 1. The second-order valence-electron chi connectivity index (χ2n) is 4.20. The van der Waals surface area contributed by atoms with E-state index in [0.29, 0.717) is 17.9 Å². The molecule has 1 aliphatic heterocycles. The van der Waals surface area contributed by atoms with E-state index in [1.54, 1.807) is 12.3 Å². The number of halogens is 1. The average molecular weight is 332 g/mol. The van der Waals surface area contributed by atoms with Crippen LogP contribution in [0.3, 0.4) is 0 Å². The van der Waals surface area contributed by atoms with Gasteiger partial charge in [0.05, 0.1) is 5.56 Å². The lowest BCUT2D eigenvalue weighted by molar-refractivity contribution is 0.174. The van der Waals surface area contributed by atoms with Crippen molar-refractivity contribution in [1.29, 1.82) is 5.26 Å². The highest BCUT2D eigenvalue weighted by Gasteiger charge is 2.13. The van der Waals surface area contributed by atoms with E-state index in [4.69, 9.17) is 14.7 Å². The third-order valence-electron chi connectivity index (χ3n) is 2.87. The molecule has 20 heavy (non-hydrogen) atoms. The number of fused-ring (bicyclic) bond motifs is 1. The molecular formula is C14H10BrN3O2. The average Bonchev–Trinajstić information content (AvgIpc) is 2.93. The Labute approximate surface area is 124 Å². The second-order valence-corrected chi connectivity index (χ2v) is 5.12. The molecule has 6 heteroatoms. The van der Waals surface area contributed by atoms with Crippen LogP contribution in [0.5, 0.6) is 11.5 Å². The number of rotatable bonds is 3. The van der Waals surface area contributed by atoms with E-state index in [1.807, 2.05) is 18.2 Å². The molecule has 1 aliphatic rings. The van der Waals surface area contributed by atoms with E-state index in [9.17, 15) is 0 Å². The Balaban J connectivity index is 1.75. The zero-order valence-corrected chi connectivity index (χ0v) is 12.0. The van der Waals surface area contributed by atoms with E-state index in [-0.39, 0.29) is 6.79 Å². The lowest BCUT2D eigenvalue weighted by Gasteiger charge is -2.08. The standard InChI is InChI=1S/C14H10BrN3O2/c15-11-4-10(5-16)14(18-7-11)17-6-9-1-2-12-13(3-9)20-8-19-12/h1-4,7H,6,8H2,(H,17,18). The molecule has 0 saturated heterocycles. The van der Waals surface area contributed by atoms with E-state index in [1.165, 1.54) is 0 Å². The molecule has 0 spiro atoms. The van der Waals surface area contributed by atoms with Crippen LogP contribution in [-0.2, 0) is 6.54 Å². The van der Waals surface area contributed by atoms with Crippen molar-refractivity contribution in [3.63, 3.8) is 0 Å². The summed E-state index contributed by atoms with van der Waals surface area (Å²) in [5, 5.41) is 12.2. The monoisotopic (exact) mass is 331 g/mol. The van der Waals surface area contributed by atoms with Crippen LogP contribution in [0.1, 0.15) is 11.1 Å². The number of hydrogen-bond acceptors (Lipinski definition) is 5. The van der Waals surface area contributed by atoms with Gasteiger partial charge in [0.25, 0.3) is 0 Å². The fourth-order valence-electron chi connectivity index (χ4n) is 1.90. The van der Waals surface area contributed by atoms with Crippen LogP contribution in [0, 0.1) is 11.3 Å². The molecule has 0 radical (unpaired) electrons. The van der Waals surface area contributed by atoms with Crippen LogP contribution in [0.15, 0.2) is 34.9 Å². The van der Waals surface area contributed by atoms with Crippen molar-refractivity contribution in [2.75, 3.05) is 12.1 Å². The van der Waals surface area contributed by atoms with E-state index in [2.05, 4.69) is 32.3 Å². The van der Waals surface area contributed by atoms with Gasteiger partial charge in [-0.1, -0.05) is 6.07 Å². The first-order valence-electron chi connectivity index (χ1n) is 5.94. The summed E-state index contributed by atoms with van der Waals surface area (Å²) in [5.74, 6) is 2.06. The van der Waals surface area contributed by atoms with Crippen LogP contribution in [-0.4, -0.2) is 11.8 Å². The van der Waals surface area contributed by atoms with Gasteiger partial charge in [-0.15, -0.1) is 0 Å². The third-order valence-corrected chi connectivity index (χ3v) is 3.31. The molecule has 2 aromatic rings. The Kier molecular flexibility index (Phi) is 3.44. The Bertz CT molecular complexity index is 697. The topological polar surface area (TPSA) is 67.2 Å². The molecule has 3 rings (SSSR count). The van der Waals surface area contributed by atoms with E-state index < -0.39 is 0 Å². The van der Waals surface area contributed by atoms with E-state index >= 15 is 0 Å². The lowest BCUT2D eigenvalue weighted by atomic mass is 10.2. The fraction of sp³-hybridized carbons (Fsp3) is 0.143. The van der Waals surface area contributed by atoms with E-state index in [0.717, 1.165) is 21.5 Å². The summed E-state index contributed by atoms with van der Waals surface area (Å²) in [4.78, 5) is 4.20. The molecular weight excluding hydrogens is 322 g/mol. The summed E-state index contributed by atoms with van der Waals surface area (Å²) in [7, 11) is 0. The molecule has 1 aromatic heterocycles. The Hall–Kier alpha value is -2.26. The number of aromatic nitrogens is 1. The van der Waals surface area contributed by atoms with Crippen molar-refractivity contribution in [1.82, 2.24) is 4.98 Å². The van der Waals surface area contributed by atoms with Crippen molar-refractivity contribution in [2.24, 2.45) is 0 Å². The van der Waals surface area contributed by atoms with Gasteiger partial charge >= 0.3 is 0 Å². The van der Waals surface area contributed by atoms with Crippen LogP contribution in [0.2, 0.25) is 0 Å². The van der Waals surface area contributed by atoms with Gasteiger partial charge in [0.15, 0.2) is 11.5 Å². The fourth-order valence-corrected chi connectivity index (χ4v) is 2.23. The molecule has 0 unspecified atom stereocenters. The maximum atomic E-state index is 9.08. The highest BCUT2D eigenvalue weighted by molar-refractivity contribution is 9.10. The van der Waals surface area contributed by atoms with Crippen LogP contribution in [0.25, 0.3) is 0 Å². The van der Waals surface area contributed by atoms with Crippen molar-refractivity contribution in [2.45, 2.75) is 6.54 Å². The van der Waals surface area contributed by atoms with Gasteiger partial charge in [0, 0.05) is 17.2 Å². The summed E-state index contributed by atoms with van der Waals surface area (Å²) in [6, 6.07) is 9.59. The minimum atomic E-state index is 0.263. The van der Waals surface area contributed by atoms with Crippen molar-refractivity contribution in [3.8, 4) is 17.6 Å². The Morgan fingerprint density at radius 1 is 1.30 bits per heavy atom. The zero-order chi connectivity index (χ0) is 13.9. The molecule has 0 saturated carbocycles. The maximum absolute atomic E-state index is 9.08. The summed E-state index contributed by atoms with van der Waals surface area (Å²) < 4.78 is 11.4. The number of ether oxygens (including phenoxy) is 2. The smallest absolute Gasteiger partial charge is 0.231 e. The SMILES string of the molecule is N#Cc1cc(Br)cnc1NCc1ccc2c(c1)OCO2. The quantitative estimate of drug-likeness (QED) is 0.936. The lowest BCUT2D eigenvalue weighted by Crippen LogP contribution is -2.03. The molecule has 0 aliphatic carbocycles. The number of anilines is 1. The maximum Gasteiger partial charge on any atom is 0.231 e. The van der Waals surface area contributed by atoms with Gasteiger partial charge in [-0.05, 0) is 39.7 Å². The summed E-state index contributed by atoms with van der Waals surface area (Å²) in [6.45, 7) is 0.818. The molecule has 0 bridgehead atoms. The van der Waals surface area contributed by atoms with Gasteiger partial charge in [0.2, 0.25) is 6.79 Å². The number of nitrogens with zero attached hydrogens (tertiary/aromatic N) is 2. The van der Waals surface area contributed by atoms with Gasteiger partial charge < -0.3 is 14.8 Å². The Morgan fingerprint density at radius 3 is 3.00 bits per heavy atom. The van der Waals surface area contributed by atoms with Crippen molar-refractivity contribution < 1.29 is 9.47 Å². The summed E-state index contributed by atoms with van der Waals surface area (Å²) >= 11 is 3.30. The first-order chi connectivity index (χ1) is 9.76. The van der Waals surface area contributed by atoms with Crippen molar-refractivity contribution in [3.05, 3.63) is 46.1 Å². The number of hydrogen-bond donors (Lipinski definition) is 1. The molecule has 1 N–H and O–H groups in total. The molecule has 100 valence electrons. The van der Waals surface area contributed by atoms with Crippen LogP contribution >= 0.6 is 15.9 Å². The highest BCUT2D eigenvalue weighted by atomic mass is 79.9. The number of benzene rings is 1. The predicted octanol–water partition coefficient (Wildman–Crippen LogP) is 3.06. The minimum absolute atomic E-state index is 0.263. The highest BCUT2D eigenvalue weighted by Crippen LogP contribution is 2.32. The van der Waals surface area contributed by atoms with Gasteiger partial charge in [-0.2, -0.15) is 5.26 Å². The summed E-state index contributed by atoms with van der Waals surface area (Å²) in [5.41, 5.74) is 1.53. The number of nitriles is 1. The minimum Gasteiger partial charge on any atom is -0.454 e. The van der Waals surface area contributed by atoms with Crippen molar-refractivity contribution >= 4 is 21.7 Å². The third kappa shape index (κ3) is 2.53. The van der Waals surface area contributed by atoms with Gasteiger partial charge in [-0.25, -0.2) is 4.98 Å². The first kappa shape index (κ1) is 12.8. The van der Waals surface area contributed by atoms with Crippen LogP contribution in [0.4, 0.5) is 5.82 Å². The number of pyridine rings is 1. The van der Waals surface area contributed by atoms with Gasteiger partial charge in [0.1, 0.15) is 11.9 Å². The molecule has 0 atom stereocenters. The first-order valence-corrected chi connectivity index (χ1v) is 6.73. The normalized spacial score (nSPS) is 12.0. The molecule has 5 nitrogen and oxygen atoms in total. The summed E-state index contributed by atoms with van der Waals surface area (Å²) in [6.07, 6.45) is 1.66. The molecule has 1 aromatic carbocycles. The van der Waals surface area contributed by atoms with Crippen LogP contribution < -0.4 is 14.8 Å². The molecule has 2 heterocycles. The largest absolute Gasteiger partial charge is 0.454 e. The Morgan fingerprint density at radius 2 is 2.15 bits per heavy atom. The predicted molar refractivity (Wildman–Crippen MR) is 76.5 cm³/mol. The second kappa shape index (κ2) is 5.39. The zero-order valence-electron chi connectivity index (χ0n) is 10.4. The molecule has 0 fully saturated rings. The van der Waals surface area contributed by atoms with Gasteiger partial charge in [-0.3, -0.25) is 0 Å². The molecule has 0 amide bonds.